The van der Waals surface area contributed by atoms with Gasteiger partial charge in [-0.1, -0.05) is 6.58 Å². The highest BCUT2D eigenvalue weighted by Gasteiger charge is 2.27. The molecule has 0 unspecified atom stereocenters. The fourth-order valence-corrected chi connectivity index (χ4v) is 1.58. The molecule has 0 fully saturated rings. The average Bonchev–Trinajstić information content (AvgIpc) is 2.50. The number of hydrogen-bond acceptors (Lipinski definition) is 3. The number of nitrogens with two attached hydrogens (primary N) is 1. The van der Waals surface area contributed by atoms with E-state index in [0.29, 0.717) is 5.57 Å². The minimum absolute atomic E-state index is 0.0815. The molecule has 0 atom stereocenters. The molecule has 0 bridgehead atoms. The lowest BCUT2D eigenvalue weighted by Gasteiger charge is -2.10. The summed E-state index contributed by atoms with van der Waals surface area (Å²) < 4.78 is 53.6. The molecular formula is C14H15F4N3O2. The van der Waals surface area contributed by atoms with Crippen molar-refractivity contribution in [3.05, 3.63) is 41.0 Å². The van der Waals surface area contributed by atoms with E-state index in [-0.39, 0.29) is 25.4 Å². The molecule has 0 heterocycles. The van der Waals surface area contributed by atoms with E-state index in [4.69, 9.17) is 5.73 Å². The molecule has 126 valence electrons. The SMILES string of the molecule is C=C(C)C(=O)NCCCNC(=O)c1c(F)c(F)c(N)c(F)c1F. The third-order valence-electron chi connectivity index (χ3n) is 2.84. The van der Waals surface area contributed by atoms with Crippen LogP contribution in [0.2, 0.25) is 0 Å². The molecule has 9 heteroatoms. The summed E-state index contributed by atoms with van der Waals surface area (Å²) in [6, 6.07) is 0. The van der Waals surface area contributed by atoms with Gasteiger partial charge in [0.05, 0.1) is 0 Å². The number of carbonyl (C=O) groups is 2. The van der Waals surface area contributed by atoms with Gasteiger partial charge in [-0.15, -0.1) is 0 Å². The van der Waals surface area contributed by atoms with Crippen molar-refractivity contribution in [3.63, 3.8) is 0 Å². The summed E-state index contributed by atoms with van der Waals surface area (Å²) in [6.45, 7) is 5.01. The van der Waals surface area contributed by atoms with Crippen molar-refractivity contribution in [2.45, 2.75) is 13.3 Å². The molecule has 1 aromatic carbocycles. The van der Waals surface area contributed by atoms with Gasteiger partial charge < -0.3 is 16.4 Å². The normalized spacial score (nSPS) is 10.3. The molecule has 0 spiro atoms. The van der Waals surface area contributed by atoms with E-state index in [2.05, 4.69) is 17.2 Å². The predicted octanol–water partition coefficient (Wildman–Crippen LogP) is 1.64. The molecule has 2 amide bonds. The molecule has 4 N–H and O–H groups in total. The lowest BCUT2D eigenvalue weighted by molar-refractivity contribution is -0.117. The van der Waals surface area contributed by atoms with E-state index in [1.54, 1.807) is 0 Å². The van der Waals surface area contributed by atoms with Crippen LogP contribution in [-0.2, 0) is 4.79 Å². The lowest BCUT2D eigenvalue weighted by atomic mass is 10.1. The first-order valence-corrected chi connectivity index (χ1v) is 6.51. The monoisotopic (exact) mass is 333 g/mol. The third-order valence-corrected chi connectivity index (χ3v) is 2.84. The number of hydrogen-bond donors (Lipinski definition) is 3. The predicted molar refractivity (Wildman–Crippen MR) is 75.5 cm³/mol. The standard InChI is InChI=1S/C14H15F4N3O2/c1-6(2)13(22)20-4-3-5-21-14(23)7-8(15)10(17)12(19)11(18)9(7)16/h1,3-5,19H2,2H3,(H,20,22)(H,21,23). The fourth-order valence-electron chi connectivity index (χ4n) is 1.58. The number of amides is 2. The molecule has 0 aliphatic rings. The van der Waals surface area contributed by atoms with Crippen molar-refractivity contribution in [1.82, 2.24) is 10.6 Å². The molecule has 1 aromatic rings. The second kappa shape index (κ2) is 7.61. The smallest absolute Gasteiger partial charge is 0.257 e. The van der Waals surface area contributed by atoms with Crippen LogP contribution in [0.4, 0.5) is 23.2 Å². The van der Waals surface area contributed by atoms with Crippen molar-refractivity contribution >= 4 is 17.5 Å². The van der Waals surface area contributed by atoms with E-state index in [0.717, 1.165) is 0 Å². The minimum Gasteiger partial charge on any atom is -0.394 e. The minimum atomic E-state index is -1.87. The van der Waals surface area contributed by atoms with Crippen molar-refractivity contribution in [2.24, 2.45) is 0 Å². The first kappa shape index (κ1) is 18.5. The Labute approximate surface area is 129 Å². The Balaban J connectivity index is 2.66. The zero-order valence-corrected chi connectivity index (χ0v) is 12.2. The Morgan fingerprint density at radius 3 is 1.96 bits per heavy atom. The summed E-state index contributed by atoms with van der Waals surface area (Å²) in [7, 11) is 0. The zero-order chi connectivity index (χ0) is 17.7. The van der Waals surface area contributed by atoms with Crippen LogP contribution in [0.3, 0.4) is 0 Å². The van der Waals surface area contributed by atoms with Gasteiger partial charge >= 0.3 is 0 Å². The highest BCUT2D eigenvalue weighted by atomic mass is 19.2. The maximum atomic E-state index is 13.5. The van der Waals surface area contributed by atoms with E-state index in [1.807, 2.05) is 0 Å². The Morgan fingerprint density at radius 2 is 1.48 bits per heavy atom. The first-order chi connectivity index (χ1) is 10.7. The molecule has 5 nitrogen and oxygen atoms in total. The fraction of sp³-hybridized carbons (Fsp3) is 0.286. The van der Waals surface area contributed by atoms with Gasteiger partial charge in [0.1, 0.15) is 11.3 Å². The second-order valence-corrected chi connectivity index (χ2v) is 4.69. The Hall–Kier alpha value is -2.58. The number of halogens is 4. The molecular weight excluding hydrogens is 318 g/mol. The molecule has 23 heavy (non-hydrogen) atoms. The topological polar surface area (TPSA) is 84.2 Å². The summed E-state index contributed by atoms with van der Waals surface area (Å²) in [6.07, 6.45) is 0.230. The van der Waals surface area contributed by atoms with Gasteiger partial charge in [0.2, 0.25) is 5.91 Å². The molecule has 0 aliphatic heterocycles. The highest BCUT2D eigenvalue weighted by Crippen LogP contribution is 2.25. The summed E-state index contributed by atoms with van der Waals surface area (Å²) in [4.78, 5) is 22.8. The van der Waals surface area contributed by atoms with Gasteiger partial charge in [-0.25, -0.2) is 17.6 Å². The Kier molecular flexibility index (Phi) is 6.11. The van der Waals surface area contributed by atoms with Crippen LogP contribution in [-0.4, -0.2) is 24.9 Å². The van der Waals surface area contributed by atoms with Crippen LogP contribution >= 0.6 is 0 Å². The van der Waals surface area contributed by atoms with Gasteiger partial charge in [0, 0.05) is 18.7 Å². The van der Waals surface area contributed by atoms with E-state index in [9.17, 15) is 27.2 Å². The first-order valence-electron chi connectivity index (χ1n) is 6.51. The zero-order valence-electron chi connectivity index (χ0n) is 12.2. The average molecular weight is 333 g/mol. The Morgan fingerprint density at radius 1 is 1.00 bits per heavy atom. The molecule has 1 rings (SSSR count). The van der Waals surface area contributed by atoms with Crippen LogP contribution in [0, 0.1) is 23.3 Å². The quantitative estimate of drug-likeness (QED) is 0.243. The van der Waals surface area contributed by atoms with Crippen molar-refractivity contribution < 1.29 is 27.2 Å². The van der Waals surface area contributed by atoms with Crippen molar-refractivity contribution in [2.75, 3.05) is 18.8 Å². The van der Waals surface area contributed by atoms with Gasteiger partial charge in [0.25, 0.3) is 5.91 Å². The molecule has 0 aliphatic carbocycles. The second-order valence-electron chi connectivity index (χ2n) is 4.69. The number of benzene rings is 1. The molecule has 0 radical (unpaired) electrons. The van der Waals surface area contributed by atoms with Gasteiger partial charge in [-0.05, 0) is 13.3 Å². The van der Waals surface area contributed by atoms with Crippen LogP contribution in [0.5, 0.6) is 0 Å². The number of anilines is 1. The maximum absolute atomic E-state index is 13.5. The summed E-state index contributed by atoms with van der Waals surface area (Å²) in [5, 5.41) is 4.56. The molecule has 0 aromatic heterocycles. The van der Waals surface area contributed by atoms with Crippen LogP contribution in [0.15, 0.2) is 12.2 Å². The van der Waals surface area contributed by atoms with E-state index >= 15 is 0 Å². The molecule has 0 saturated carbocycles. The van der Waals surface area contributed by atoms with Crippen LogP contribution in [0.1, 0.15) is 23.7 Å². The van der Waals surface area contributed by atoms with Gasteiger partial charge in [-0.2, -0.15) is 0 Å². The summed E-state index contributed by atoms with van der Waals surface area (Å²) in [5.41, 5.74) is 2.41. The van der Waals surface area contributed by atoms with E-state index in [1.165, 1.54) is 6.92 Å². The van der Waals surface area contributed by atoms with Gasteiger partial charge in [0.15, 0.2) is 23.3 Å². The summed E-state index contributed by atoms with van der Waals surface area (Å²) in [5.74, 6) is -9.10. The van der Waals surface area contributed by atoms with Crippen LogP contribution < -0.4 is 16.4 Å². The number of nitrogens with one attached hydrogen (secondary N) is 2. The third kappa shape index (κ3) is 4.21. The summed E-state index contributed by atoms with van der Waals surface area (Å²) >= 11 is 0. The largest absolute Gasteiger partial charge is 0.394 e. The van der Waals surface area contributed by atoms with E-state index < -0.39 is 40.4 Å². The number of rotatable bonds is 6. The lowest BCUT2D eigenvalue weighted by Crippen LogP contribution is -2.31. The van der Waals surface area contributed by atoms with Crippen LogP contribution in [0.25, 0.3) is 0 Å². The maximum Gasteiger partial charge on any atom is 0.257 e. The number of carbonyl (C=O) groups excluding carboxylic acids is 2. The highest BCUT2D eigenvalue weighted by molar-refractivity contribution is 5.95. The van der Waals surface area contributed by atoms with Crippen molar-refractivity contribution in [1.29, 1.82) is 0 Å². The van der Waals surface area contributed by atoms with Crippen molar-refractivity contribution in [3.8, 4) is 0 Å². The molecule has 0 saturated heterocycles. The number of nitrogen functional groups attached to an aromatic ring is 1. The van der Waals surface area contributed by atoms with Gasteiger partial charge in [-0.3, -0.25) is 9.59 Å². The Bertz CT molecular complexity index is 633.